The molecule has 0 aromatic heterocycles. The van der Waals surface area contributed by atoms with Crippen molar-refractivity contribution >= 4 is 36.0 Å². The molecule has 1 atom stereocenters. The Balaban J connectivity index is 0.00000441. The maximum absolute atomic E-state index is 11.6. The molecule has 3 N–H and O–H groups in total. The van der Waals surface area contributed by atoms with Gasteiger partial charge in [-0.2, -0.15) is 0 Å². The SMILES string of the molecule is CCNC(=NCC(C)C)NCC(NC(=O)OCC)C1CC1.I. The number of alkyl carbamates (subject to hydrolysis) is 1. The lowest BCUT2D eigenvalue weighted by Gasteiger charge is -2.20. The Morgan fingerprint density at radius 3 is 2.45 bits per heavy atom. The zero-order chi connectivity index (χ0) is 15.7. The van der Waals surface area contributed by atoms with Crippen LogP contribution >= 0.6 is 24.0 Å². The zero-order valence-electron chi connectivity index (χ0n) is 14.1. The van der Waals surface area contributed by atoms with Gasteiger partial charge in [-0.15, -0.1) is 24.0 Å². The molecule has 1 amide bonds. The number of guanidine groups is 1. The number of rotatable bonds is 8. The van der Waals surface area contributed by atoms with Crippen LogP contribution in [0.5, 0.6) is 0 Å². The highest BCUT2D eigenvalue weighted by Crippen LogP contribution is 2.32. The van der Waals surface area contributed by atoms with Crippen LogP contribution in [0, 0.1) is 11.8 Å². The average Bonchev–Trinajstić information content (AvgIpc) is 3.24. The van der Waals surface area contributed by atoms with Crippen LogP contribution in [0.25, 0.3) is 0 Å². The Morgan fingerprint density at radius 2 is 1.95 bits per heavy atom. The van der Waals surface area contributed by atoms with E-state index in [2.05, 4.69) is 34.8 Å². The molecule has 0 aliphatic heterocycles. The Bertz CT molecular complexity index is 346. The first-order chi connectivity index (χ1) is 10.1. The highest BCUT2D eigenvalue weighted by molar-refractivity contribution is 14.0. The molecule has 130 valence electrons. The zero-order valence-corrected chi connectivity index (χ0v) is 16.5. The summed E-state index contributed by atoms with van der Waals surface area (Å²) >= 11 is 0. The van der Waals surface area contributed by atoms with Gasteiger partial charge in [0.15, 0.2) is 5.96 Å². The van der Waals surface area contributed by atoms with Crippen LogP contribution in [0.2, 0.25) is 0 Å². The number of carbonyl (C=O) groups is 1. The molecule has 22 heavy (non-hydrogen) atoms. The van der Waals surface area contributed by atoms with E-state index in [1.807, 2.05) is 13.8 Å². The quantitative estimate of drug-likeness (QED) is 0.317. The van der Waals surface area contributed by atoms with Crippen LogP contribution in [-0.4, -0.2) is 44.3 Å². The summed E-state index contributed by atoms with van der Waals surface area (Å²) in [7, 11) is 0. The van der Waals surface area contributed by atoms with Crippen molar-refractivity contribution < 1.29 is 9.53 Å². The number of carbonyl (C=O) groups excluding carboxylic acids is 1. The van der Waals surface area contributed by atoms with E-state index >= 15 is 0 Å². The first-order valence-electron chi connectivity index (χ1n) is 8.02. The standard InChI is InChI=1S/C15H30N4O2.HI/c1-5-16-14(17-9-11(3)4)18-10-13(12-7-8-12)19-15(20)21-6-2;/h11-13H,5-10H2,1-4H3,(H,19,20)(H2,16,17,18);1H. The van der Waals surface area contributed by atoms with Crippen molar-refractivity contribution in [1.82, 2.24) is 16.0 Å². The highest BCUT2D eigenvalue weighted by Gasteiger charge is 2.32. The molecule has 1 saturated carbocycles. The highest BCUT2D eigenvalue weighted by atomic mass is 127. The fraction of sp³-hybridized carbons (Fsp3) is 0.867. The Kier molecular flexibility index (Phi) is 11.4. The average molecular weight is 426 g/mol. The number of hydrogen-bond donors (Lipinski definition) is 3. The van der Waals surface area contributed by atoms with Crippen molar-refractivity contribution in [2.24, 2.45) is 16.8 Å². The maximum atomic E-state index is 11.6. The summed E-state index contributed by atoms with van der Waals surface area (Å²) in [4.78, 5) is 16.1. The molecule has 0 radical (unpaired) electrons. The number of amides is 1. The number of nitrogens with one attached hydrogen (secondary N) is 3. The minimum absolute atomic E-state index is 0. The summed E-state index contributed by atoms with van der Waals surface area (Å²) in [6, 6.07) is 0.104. The van der Waals surface area contributed by atoms with Gasteiger partial charge in [0.25, 0.3) is 0 Å². The van der Waals surface area contributed by atoms with Crippen LogP contribution in [-0.2, 0) is 4.74 Å². The molecule has 0 saturated heterocycles. The first-order valence-corrected chi connectivity index (χ1v) is 8.02. The van der Waals surface area contributed by atoms with E-state index in [1.165, 1.54) is 12.8 Å². The van der Waals surface area contributed by atoms with Crippen molar-refractivity contribution in [3.05, 3.63) is 0 Å². The molecular formula is C15H31IN4O2. The smallest absolute Gasteiger partial charge is 0.407 e. The van der Waals surface area contributed by atoms with E-state index in [4.69, 9.17) is 4.74 Å². The minimum Gasteiger partial charge on any atom is -0.450 e. The van der Waals surface area contributed by atoms with E-state index in [0.29, 0.717) is 25.0 Å². The van der Waals surface area contributed by atoms with Gasteiger partial charge in [0.05, 0.1) is 12.6 Å². The van der Waals surface area contributed by atoms with Gasteiger partial charge in [-0.05, 0) is 38.5 Å². The van der Waals surface area contributed by atoms with Crippen molar-refractivity contribution in [2.45, 2.75) is 46.6 Å². The lowest BCUT2D eigenvalue weighted by atomic mass is 10.2. The third-order valence-electron chi connectivity index (χ3n) is 3.22. The molecule has 0 aromatic carbocycles. The van der Waals surface area contributed by atoms with Gasteiger partial charge in [-0.25, -0.2) is 4.79 Å². The number of halogens is 1. The largest absolute Gasteiger partial charge is 0.450 e. The molecule has 0 heterocycles. The van der Waals surface area contributed by atoms with Crippen molar-refractivity contribution in [2.75, 3.05) is 26.2 Å². The minimum atomic E-state index is -0.333. The van der Waals surface area contributed by atoms with Crippen molar-refractivity contribution in [1.29, 1.82) is 0 Å². The molecule has 1 aliphatic rings. The van der Waals surface area contributed by atoms with E-state index in [9.17, 15) is 4.79 Å². The van der Waals surface area contributed by atoms with Gasteiger partial charge in [0, 0.05) is 19.6 Å². The van der Waals surface area contributed by atoms with Crippen molar-refractivity contribution in [3.63, 3.8) is 0 Å². The van der Waals surface area contributed by atoms with Gasteiger partial charge >= 0.3 is 6.09 Å². The van der Waals surface area contributed by atoms with Crippen LogP contribution in [0.4, 0.5) is 4.79 Å². The Morgan fingerprint density at radius 1 is 1.27 bits per heavy atom. The summed E-state index contributed by atoms with van der Waals surface area (Å²) in [6.45, 7) is 10.8. The topological polar surface area (TPSA) is 74.8 Å². The third kappa shape index (κ3) is 9.32. The lowest BCUT2D eigenvalue weighted by molar-refractivity contribution is 0.146. The Hall–Kier alpha value is -0.730. The van der Waals surface area contributed by atoms with Crippen LogP contribution in [0.3, 0.4) is 0 Å². The van der Waals surface area contributed by atoms with E-state index in [-0.39, 0.29) is 36.1 Å². The van der Waals surface area contributed by atoms with Crippen LogP contribution < -0.4 is 16.0 Å². The second-order valence-corrected chi connectivity index (χ2v) is 5.80. The number of nitrogens with zero attached hydrogens (tertiary/aromatic N) is 1. The normalized spacial score (nSPS) is 15.8. The fourth-order valence-corrected chi connectivity index (χ4v) is 1.98. The van der Waals surface area contributed by atoms with Crippen LogP contribution in [0.1, 0.15) is 40.5 Å². The molecule has 1 aliphatic carbocycles. The van der Waals surface area contributed by atoms with E-state index in [1.54, 1.807) is 0 Å². The van der Waals surface area contributed by atoms with Gasteiger partial charge < -0.3 is 20.7 Å². The second-order valence-electron chi connectivity index (χ2n) is 5.80. The molecule has 0 aromatic rings. The Labute approximate surface area is 151 Å². The summed E-state index contributed by atoms with van der Waals surface area (Å²) < 4.78 is 4.96. The third-order valence-corrected chi connectivity index (χ3v) is 3.22. The molecule has 0 bridgehead atoms. The molecular weight excluding hydrogens is 395 g/mol. The number of aliphatic imine (C=N–C) groups is 1. The van der Waals surface area contributed by atoms with Gasteiger partial charge in [0.1, 0.15) is 0 Å². The van der Waals surface area contributed by atoms with Gasteiger partial charge in [-0.3, -0.25) is 4.99 Å². The monoisotopic (exact) mass is 426 g/mol. The molecule has 1 rings (SSSR count). The molecule has 1 unspecified atom stereocenters. The predicted molar refractivity (Wildman–Crippen MR) is 101 cm³/mol. The summed E-state index contributed by atoms with van der Waals surface area (Å²) in [5.41, 5.74) is 0. The molecule has 6 nitrogen and oxygen atoms in total. The lowest BCUT2D eigenvalue weighted by Crippen LogP contribution is -2.48. The van der Waals surface area contributed by atoms with Gasteiger partial charge in [0.2, 0.25) is 0 Å². The summed E-state index contributed by atoms with van der Waals surface area (Å²) in [6.07, 6.45) is 2.00. The predicted octanol–water partition coefficient (Wildman–Crippen LogP) is 2.34. The number of hydrogen-bond acceptors (Lipinski definition) is 3. The molecule has 0 spiro atoms. The van der Waals surface area contributed by atoms with Crippen LogP contribution in [0.15, 0.2) is 4.99 Å². The second kappa shape index (κ2) is 11.8. The fourth-order valence-electron chi connectivity index (χ4n) is 1.98. The van der Waals surface area contributed by atoms with Crippen molar-refractivity contribution in [3.8, 4) is 0 Å². The van der Waals surface area contributed by atoms with Gasteiger partial charge in [-0.1, -0.05) is 13.8 Å². The molecule has 1 fully saturated rings. The first kappa shape index (κ1) is 21.3. The van der Waals surface area contributed by atoms with E-state index in [0.717, 1.165) is 19.0 Å². The molecule has 7 heteroatoms. The summed E-state index contributed by atoms with van der Waals surface area (Å²) in [5.74, 6) is 1.88. The maximum Gasteiger partial charge on any atom is 0.407 e. The summed E-state index contributed by atoms with van der Waals surface area (Å²) in [5, 5.41) is 9.48. The number of ether oxygens (including phenoxy) is 1. The van der Waals surface area contributed by atoms with E-state index < -0.39 is 0 Å².